The maximum absolute atomic E-state index is 6.40. The Morgan fingerprint density at radius 3 is 1.92 bits per heavy atom. The van der Waals surface area contributed by atoms with Gasteiger partial charge in [-0.3, -0.25) is 0 Å². The average molecular weight is 371 g/mol. The maximum Gasteiger partial charge on any atom is 0.0433 e. The van der Waals surface area contributed by atoms with Crippen LogP contribution in [0.1, 0.15) is 0 Å². The average Bonchev–Trinajstić information content (AvgIpc) is 3.17. The zero-order valence-electron chi connectivity index (χ0n) is 13.9. The Balaban J connectivity index is 2.05. The summed E-state index contributed by atoms with van der Waals surface area (Å²) >= 11 is 8.21. The summed E-state index contributed by atoms with van der Waals surface area (Å²) in [5.41, 5.74) is 5.00. The molecule has 0 spiro atoms. The molecule has 0 N–H and O–H groups in total. The van der Waals surface area contributed by atoms with Gasteiger partial charge >= 0.3 is 0 Å². The number of halogens is 1. The summed E-state index contributed by atoms with van der Waals surface area (Å²) in [7, 11) is 0. The minimum absolute atomic E-state index is 0.767. The standard InChI is InChI=1S/C24H15ClS/c25-18-11-12-19-20-13-14-26-24(20)23(17-9-5-2-6-10-17)22(21(19)15-18)16-7-3-1-4-8-16/h1-15H. The summed E-state index contributed by atoms with van der Waals surface area (Å²) in [5.74, 6) is 0. The minimum Gasteiger partial charge on any atom is -0.143 e. The van der Waals surface area contributed by atoms with Gasteiger partial charge in [-0.25, -0.2) is 0 Å². The lowest BCUT2D eigenvalue weighted by Crippen LogP contribution is -1.89. The van der Waals surface area contributed by atoms with Crippen molar-refractivity contribution in [2.24, 2.45) is 0 Å². The molecule has 0 bridgehead atoms. The van der Waals surface area contributed by atoms with Crippen molar-refractivity contribution in [3.63, 3.8) is 0 Å². The molecule has 0 aliphatic heterocycles. The van der Waals surface area contributed by atoms with Crippen LogP contribution >= 0.6 is 22.9 Å². The molecule has 0 saturated heterocycles. The number of fused-ring (bicyclic) bond motifs is 3. The molecule has 124 valence electrons. The zero-order chi connectivity index (χ0) is 17.5. The van der Waals surface area contributed by atoms with Crippen molar-refractivity contribution in [1.29, 1.82) is 0 Å². The highest BCUT2D eigenvalue weighted by Crippen LogP contribution is 2.46. The summed E-state index contributed by atoms with van der Waals surface area (Å²) < 4.78 is 1.32. The van der Waals surface area contributed by atoms with Crippen molar-refractivity contribution in [1.82, 2.24) is 0 Å². The molecule has 2 heteroatoms. The van der Waals surface area contributed by atoms with Gasteiger partial charge in [0.2, 0.25) is 0 Å². The van der Waals surface area contributed by atoms with Crippen molar-refractivity contribution in [3.8, 4) is 22.3 Å². The summed E-state index contributed by atoms with van der Waals surface area (Å²) in [6, 6.07) is 29.7. The molecule has 0 atom stereocenters. The van der Waals surface area contributed by atoms with Gasteiger partial charge in [-0.05, 0) is 51.0 Å². The van der Waals surface area contributed by atoms with Crippen LogP contribution in [-0.4, -0.2) is 0 Å². The molecule has 1 heterocycles. The molecular formula is C24H15ClS. The van der Waals surface area contributed by atoms with Crippen LogP contribution < -0.4 is 0 Å². The van der Waals surface area contributed by atoms with Gasteiger partial charge in [-0.15, -0.1) is 11.3 Å². The Bertz CT molecular complexity index is 1220. The summed E-state index contributed by atoms with van der Waals surface area (Å²) in [6.45, 7) is 0. The second kappa shape index (κ2) is 6.28. The van der Waals surface area contributed by atoms with Crippen LogP contribution in [0.15, 0.2) is 90.3 Å². The Kier molecular flexibility index (Phi) is 3.77. The molecule has 26 heavy (non-hydrogen) atoms. The van der Waals surface area contributed by atoms with Crippen molar-refractivity contribution in [3.05, 3.63) is 95.3 Å². The molecule has 0 unspecified atom stereocenters. The number of hydrogen-bond acceptors (Lipinski definition) is 1. The number of thiophene rings is 1. The Morgan fingerprint density at radius 2 is 1.23 bits per heavy atom. The van der Waals surface area contributed by atoms with E-state index in [1.165, 1.54) is 43.1 Å². The first kappa shape index (κ1) is 15.6. The molecule has 0 aliphatic carbocycles. The van der Waals surface area contributed by atoms with Crippen molar-refractivity contribution in [2.45, 2.75) is 0 Å². The van der Waals surface area contributed by atoms with Crippen LogP contribution in [0, 0.1) is 0 Å². The van der Waals surface area contributed by atoms with E-state index in [-0.39, 0.29) is 0 Å². The van der Waals surface area contributed by atoms with E-state index < -0.39 is 0 Å². The smallest absolute Gasteiger partial charge is 0.0433 e. The summed E-state index contributed by atoms with van der Waals surface area (Å²) in [6.07, 6.45) is 0. The fourth-order valence-corrected chi connectivity index (χ4v) is 4.86. The lowest BCUT2D eigenvalue weighted by Gasteiger charge is -2.16. The topological polar surface area (TPSA) is 0 Å². The van der Waals surface area contributed by atoms with Gasteiger partial charge in [0.25, 0.3) is 0 Å². The van der Waals surface area contributed by atoms with Gasteiger partial charge < -0.3 is 0 Å². The van der Waals surface area contributed by atoms with E-state index in [0.717, 1.165) is 5.02 Å². The highest BCUT2D eigenvalue weighted by atomic mass is 35.5. The fraction of sp³-hybridized carbons (Fsp3) is 0. The lowest BCUT2D eigenvalue weighted by atomic mass is 9.88. The minimum atomic E-state index is 0.767. The first-order valence-electron chi connectivity index (χ1n) is 8.56. The van der Waals surface area contributed by atoms with Crippen LogP contribution in [0.2, 0.25) is 5.02 Å². The van der Waals surface area contributed by atoms with E-state index in [1.807, 2.05) is 6.07 Å². The SMILES string of the molecule is Clc1ccc2c(c1)c(-c1ccccc1)c(-c1ccccc1)c1sccc12. The molecule has 0 fully saturated rings. The second-order valence-electron chi connectivity index (χ2n) is 6.34. The third-order valence-electron chi connectivity index (χ3n) is 4.81. The van der Waals surface area contributed by atoms with Gasteiger partial charge in [0, 0.05) is 20.7 Å². The molecule has 4 aromatic carbocycles. The molecule has 0 radical (unpaired) electrons. The number of hydrogen-bond donors (Lipinski definition) is 0. The summed E-state index contributed by atoms with van der Waals surface area (Å²) in [4.78, 5) is 0. The molecule has 0 nitrogen and oxygen atoms in total. The fourth-order valence-electron chi connectivity index (χ4n) is 3.71. The van der Waals surface area contributed by atoms with Crippen LogP contribution in [0.3, 0.4) is 0 Å². The Hall–Kier alpha value is -2.61. The molecule has 1 aromatic heterocycles. The first-order valence-corrected chi connectivity index (χ1v) is 9.82. The van der Waals surface area contributed by atoms with Gasteiger partial charge in [0.05, 0.1) is 0 Å². The van der Waals surface area contributed by atoms with E-state index in [0.29, 0.717) is 0 Å². The predicted octanol–water partition coefficient (Wildman–Crippen LogP) is 8.04. The van der Waals surface area contributed by atoms with Gasteiger partial charge in [0.1, 0.15) is 0 Å². The van der Waals surface area contributed by atoms with E-state index in [2.05, 4.69) is 84.2 Å². The van der Waals surface area contributed by atoms with E-state index in [9.17, 15) is 0 Å². The number of benzene rings is 4. The monoisotopic (exact) mass is 370 g/mol. The molecule has 0 aliphatic rings. The van der Waals surface area contributed by atoms with Gasteiger partial charge in [0.15, 0.2) is 0 Å². The van der Waals surface area contributed by atoms with Crippen molar-refractivity contribution < 1.29 is 0 Å². The first-order chi connectivity index (χ1) is 12.8. The predicted molar refractivity (Wildman–Crippen MR) is 115 cm³/mol. The third-order valence-corrected chi connectivity index (χ3v) is 5.98. The van der Waals surface area contributed by atoms with Gasteiger partial charge in [-0.1, -0.05) is 78.3 Å². The molecule has 5 rings (SSSR count). The van der Waals surface area contributed by atoms with Gasteiger partial charge in [-0.2, -0.15) is 0 Å². The highest BCUT2D eigenvalue weighted by Gasteiger charge is 2.18. The molecule has 0 saturated carbocycles. The normalized spacial score (nSPS) is 11.3. The maximum atomic E-state index is 6.40. The quantitative estimate of drug-likeness (QED) is 0.295. The van der Waals surface area contributed by atoms with Crippen LogP contribution in [-0.2, 0) is 0 Å². The van der Waals surface area contributed by atoms with Crippen molar-refractivity contribution in [2.75, 3.05) is 0 Å². The van der Waals surface area contributed by atoms with Crippen LogP contribution in [0.5, 0.6) is 0 Å². The Morgan fingerprint density at radius 1 is 0.577 bits per heavy atom. The molecule has 5 aromatic rings. The Labute approximate surface area is 161 Å². The van der Waals surface area contributed by atoms with E-state index in [4.69, 9.17) is 11.6 Å². The van der Waals surface area contributed by atoms with Crippen LogP contribution in [0.4, 0.5) is 0 Å². The largest absolute Gasteiger partial charge is 0.143 e. The van der Waals surface area contributed by atoms with E-state index >= 15 is 0 Å². The highest BCUT2D eigenvalue weighted by molar-refractivity contribution is 7.18. The third kappa shape index (κ3) is 2.44. The zero-order valence-corrected chi connectivity index (χ0v) is 15.5. The second-order valence-corrected chi connectivity index (χ2v) is 7.69. The molecule has 0 amide bonds. The van der Waals surface area contributed by atoms with Crippen molar-refractivity contribution >= 4 is 43.8 Å². The summed E-state index contributed by atoms with van der Waals surface area (Å²) in [5, 5.41) is 6.70. The van der Waals surface area contributed by atoms with E-state index in [1.54, 1.807) is 11.3 Å². The number of rotatable bonds is 2. The molecular weight excluding hydrogens is 356 g/mol. The van der Waals surface area contributed by atoms with Crippen LogP contribution in [0.25, 0.3) is 43.1 Å². The lowest BCUT2D eigenvalue weighted by molar-refractivity contribution is 1.64.